The number of methoxy groups -OCH3 is 1. The normalized spacial score (nSPS) is 17.0. The molecule has 2 aromatic rings. The highest BCUT2D eigenvalue weighted by Crippen LogP contribution is 2.29. The van der Waals surface area contributed by atoms with E-state index >= 15 is 0 Å². The number of hydrogen-bond donors (Lipinski definition) is 0. The largest absolute Gasteiger partial charge is 0.495 e. The number of hydrogen-bond acceptors (Lipinski definition) is 5. The minimum absolute atomic E-state index is 0.0208. The summed E-state index contributed by atoms with van der Waals surface area (Å²) in [4.78, 5) is 28.9. The molecule has 2 heterocycles. The van der Waals surface area contributed by atoms with Gasteiger partial charge in [-0.05, 0) is 39.8 Å². The van der Waals surface area contributed by atoms with Gasteiger partial charge in [-0.25, -0.2) is 0 Å². The lowest BCUT2D eigenvalue weighted by molar-refractivity contribution is -0.134. The predicted molar refractivity (Wildman–Crippen MR) is 108 cm³/mol. The van der Waals surface area contributed by atoms with Crippen LogP contribution in [0.2, 0.25) is 0 Å². The second-order valence-electron chi connectivity index (χ2n) is 7.31. The molecule has 0 aliphatic carbocycles. The second-order valence-corrected chi connectivity index (χ2v) is 7.31. The van der Waals surface area contributed by atoms with Crippen LogP contribution in [0.1, 0.15) is 35.6 Å². The first-order chi connectivity index (χ1) is 13.3. The third-order valence-corrected chi connectivity index (χ3v) is 5.39. The zero-order valence-corrected chi connectivity index (χ0v) is 17.2. The Morgan fingerprint density at radius 1 is 1.21 bits per heavy atom. The average molecular weight is 384 g/mol. The lowest BCUT2D eigenvalue weighted by Crippen LogP contribution is -2.55. The third-order valence-electron chi connectivity index (χ3n) is 5.39. The number of aromatic nitrogens is 2. The Labute approximate surface area is 165 Å². The van der Waals surface area contributed by atoms with Crippen LogP contribution in [0.3, 0.4) is 0 Å². The lowest BCUT2D eigenvalue weighted by Gasteiger charge is -2.41. The first-order valence-corrected chi connectivity index (χ1v) is 9.55. The van der Waals surface area contributed by atoms with Crippen molar-refractivity contribution in [2.45, 2.75) is 40.3 Å². The van der Waals surface area contributed by atoms with E-state index in [1.165, 1.54) is 6.92 Å². The molecule has 1 aliphatic heterocycles. The molecule has 7 heteroatoms. The molecule has 0 saturated carbocycles. The number of anilines is 1. The maximum atomic E-state index is 12.9. The maximum absolute atomic E-state index is 12.9. The highest BCUT2D eigenvalue weighted by molar-refractivity contribution is 5.96. The van der Waals surface area contributed by atoms with Crippen LogP contribution in [0.5, 0.6) is 5.75 Å². The van der Waals surface area contributed by atoms with E-state index in [1.54, 1.807) is 18.7 Å². The molecule has 1 amide bonds. The number of carbonyl (C=O) groups is 2. The number of nitrogens with zero attached hydrogens (tertiary/aromatic N) is 4. The van der Waals surface area contributed by atoms with E-state index < -0.39 is 0 Å². The molecule has 1 aromatic heterocycles. The van der Waals surface area contributed by atoms with Crippen molar-refractivity contribution in [3.05, 3.63) is 41.2 Å². The molecule has 1 fully saturated rings. The smallest absolute Gasteiger partial charge is 0.244 e. The van der Waals surface area contributed by atoms with E-state index in [0.717, 1.165) is 30.2 Å². The van der Waals surface area contributed by atoms with Crippen molar-refractivity contribution in [2.24, 2.45) is 0 Å². The van der Waals surface area contributed by atoms with Crippen molar-refractivity contribution in [3.63, 3.8) is 0 Å². The van der Waals surface area contributed by atoms with Gasteiger partial charge in [0.05, 0.1) is 24.1 Å². The number of ether oxygens (including phenoxy) is 1. The number of amides is 1. The number of aryl methyl sites for hydroxylation is 1. The van der Waals surface area contributed by atoms with Gasteiger partial charge in [0, 0.05) is 31.4 Å². The van der Waals surface area contributed by atoms with Crippen molar-refractivity contribution < 1.29 is 14.3 Å². The van der Waals surface area contributed by atoms with Crippen LogP contribution >= 0.6 is 0 Å². The van der Waals surface area contributed by atoms with E-state index in [2.05, 4.69) is 16.9 Å². The fourth-order valence-electron chi connectivity index (χ4n) is 4.02. The topological polar surface area (TPSA) is 67.7 Å². The summed E-state index contributed by atoms with van der Waals surface area (Å²) in [5, 5.41) is 4.40. The lowest BCUT2D eigenvalue weighted by atomic mass is 10.1. The second kappa shape index (κ2) is 8.04. The summed E-state index contributed by atoms with van der Waals surface area (Å²) in [5.41, 5.74) is 3.08. The summed E-state index contributed by atoms with van der Waals surface area (Å²) in [6.45, 7) is 9.50. The van der Waals surface area contributed by atoms with Crippen molar-refractivity contribution in [2.75, 3.05) is 31.6 Å². The van der Waals surface area contributed by atoms with Crippen LogP contribution < -0.4 is 9.64 Å². The fourth-order valence-corrected chi connectivity index (χ4v) is 4.02. The van der Waals surface area contributed by atoms with Crippen molar-refractivity contribution in [3.8, 4) is 5.75 Å². The van der Waals surface area contributed by atoms with Crippen LogP contribution in [0.25, 0.3) is 0 Å². The first-order valence-electron chi connectivity index (χ1n) is 9.55. The van der Waals surface area contributed by atoms with Gasteiger partial charge in [0.25, 0.3) is 0 Å². The Hall–Kier alpha value is -2.83. The molecule has 0 unspecified atom stereocenters. The molecule has 7 nitrogen and oxygen atoms in total. The zero-order chi connectivity index (χ0) is 20.4. The number of benzene rings is 1. The summed E-state index contributed by atoms with van der Waals surface area (Å²) in [6.07, 6.45) is 0. The number of carbonyl (C=O) groups excluding carboxylic acids is 2. The van der Waals surface area contributed by atoms with Crippen LogP contribution in [-0.4, -0.2) is 59.2 Å². The molecule has 3 rings (SSSR count). The summed E-state index contributed by atoms with van der Waals surface area (Å²) in [6, 6.07) is 8.01. The van der Waals surface area contributed by atoms with Crippen LogP contribution in [-0.2, 0) is 11.3 Å². The molecule has 0 radical (unpaired) electrons. The van der Waals surface area contributed by atoms with Crippen molar-refractivity contribution in [1.82, 2.24) is 14.7 Å². The first kappa shape index (κ1) is 19.9. The fraction of sp³-hybridized carbons (Fsp3) is 0.476. The molecule has 1 aromatic carbocycles. The minimum atomic E-state index is -0.0208. The van der Waals surface area contributed by atoms with E-state index in [4.69, 9.17) is 4.74 Å². The number of rotatable bonds is 5. The number of para-hydroxylation sites is 2. The van der Waals surface area contributed by atoms with E-state index in [1.807, 2.05) is 36.1 Å². The standard InChI is InChI=1S/C21H28N4O3/c1-14-12-23(18-8-6-7-9-19(18)28-5)10-11-24(14)20(27)13-25-16(3)21(17(4)26)15(2)22-25/h6-9,14H,10-13H2,1-5H3/t14-/m0/s1. The van der Waals surface area contributed by atoms with Crippen LogP contribution in [0.4, 0.5) is 5.69 Å². The van der Waals surface area contributed by atoms with Gasteiger partial charge in [-0.15, -0.1) is 0 Å². The van der Waals surface area contributed by atoms with Gasteiger partial charge >= 0.3 is 0 Å². The summed E-state index contributed by atoms with van der Waals surface area (Å²) < 4.78 is 7.12. The van der Waals surface area contributed by atoms with Gasteiger partial charge in [0.2, 0.25) is 5.91 Å². The van der Waals surface area contributed by atoms with Crippen molar-refractivity contribution in [1.29, 1.82) is 0 Å². The third kappa shape index (κ3) is 3.74. The SMILES string of the molecule is COc1ccccc1N1CCN(C(=O)Cn2nc(C)c(C(C)=O)c2C)[C@@H](C)C1. The molecule has 0 spiro atoms. The van der Waals surface area contributed by atoms with E-state index in [9.17, 15) is 9.59 Å². The maximum Gasteiger partial charge on any atom is 0.244 e. The molecule has 1 saturated heterocycles. The molecule has 0 N–H and O–H groups in total. The van der Waals surface area contributed by atoms with Gasteiger partial charge in [-0.3, -0.25) is 14.3 Å². The molecule has 1 atom stereocenters. The Morgan fingerprint density at radius 2 is 1.93 bits per heavy atom. The molecular weight excluding hydrogens is 356 g/mol. The molecule has 1 aliphatic rings. The number of Topliss-reactive ketones (excluding diaryl/α,β-unsaturated/α-hetero) is 1. The Bertz CT molecular complexity index is 890. The monoisotopic (exact) mass is 384 g/mol. The van der Waals surface area contributed by atoms with Gasteiger partial charge in [-0.2, -0.15) is 5.10 Å². The molecule has 150 valence electrons. The minimum Gasteiger partial charge on any atom is -0.495 e. The summed E-state index contributed by atoms with van der Waals surface area (Å²) in [5.74, 6) is 0.842. The Balaban J connectivity index is 1.70. The highest BCUT2D eigenvalue weighted by atomic mass is 16.5. The van der Waals surface area contributed by atoms with E-state index in [-0.39, 0.29) is 24.3 Å². The zero-order valence-electron chi connectivity index (χ0n) is 17.2. The van der Waals surface area contributed by atoms with Gasteiger partial charge in [0.15, 0.2) is 5.78 Å². The Morgan fingerprint density at radius 3 is 2.54 bits per heavy atom. The van der Waals surface area contributed by atoms with Gasteiger partial charge in [-0.1, -0.05) is 12.1 Å². The van der Waals surface area contributed by atoms with Gasteiger partial charge in [0.1, 0.15) is 12.3 Å². The summed E-state index contributed by atoms with van der Waals surface area (Å²) >= 11 is 0. The quantitative estimate of drug-likeness (QED) is 0.741. The average Bonchev–Trinajstić information content (AvgIpc) is 2.94. The van der Waals surface area contributed by atoms with E-state index in [0.29, 0.717) is 17.8 Å². The molecular formula is C21H28N4O3. The molecule has 28 heavy (non-hydrogen) atoms. The Kier molecular flexibility index (Phi) is 5.72. The van der Waals surface area contributed by atoms with Crippen molar-refractivity contribution >= 4 is 17.4 Å². The number of piperazine rings is 1. The number of ketones is 1. The van der Waals surface area contributed by atoms with Gasteiger partial charge < -0.3 is 14.5 Å². The van der Waals surface area contributed by atoms with Crippen LogP contribution in [0, 0.1) is 13.8 Å². The molecule has 0 bridgehead atoms. The van der Waals surface area contributed by atoms with Crippen LogP contribution in [0.15, 0.2) is 24.3 Å². The highest BCUT2D eigenvalue weighted by Gasteiger charge is 2.29. The summed E-state index contributed by atoms with van der Waals surface area (Å²) in [7, 11) is 1.67. The predicted octanol–water partition coefficient (Wildman–Crippen LogP) is 2.45.